The zero-order chi connectivity index (χ0) is 41.4. The average Bonchev–Trinajstić information content (AvgIpc) is 3.16. The Morgan fingerprint density at radius 2 is 1.18 bits per heavy atom. The molecule has 1 rings (SSSR count). The van der Waals surface area contributed by atoms with Gasteiger partial charge in [-0.25, -0.2) is 8.42 Å². The highest BCUT2D eigenvalue weighted by atomic mass is 32.3. The molecule has 1 amide bonds. The van der Waals surface area contributed by atoms with Crippen LogP contribution in [0.15, 0.2) is 12.2 Å². The fourth-order valence-electron chi connectivity index (χ4n) is 7.10. The van der Waals surface area contributed by atoms with Crippen molar-refractivity contribution in [2.45, 2.75) is 236 Å². The van der Waals surface area contributed by atoms with Crippen molar-refractivity contribution in [1.29, 1.82) is 0 Å². The van der Waals surface area contributed by atoms with Crippen LogP contribution in [0, 0.1) is 0 Å². The summed E-state index contributed by atoms with van der Waals surface area (Å²) < 4.78 is 49.1. The molecule has 0 aromatic carbocycles. The SMILES string of the molecule is CCCCCCCCCCCCC/C=C/[C@@H](O)[C@H](CO[C@@H]1O[C@H](CO)[C@H](O)[C@H](OS(=O)(=O)[O-])[C@H]1O)NC(=O)[C@@H](O)CCCCCCCCCCCCCCCC.[NH4+]. The number of nitrogens with one attached hydrogen (secondary N) is 1. The molecular weight excluding hydrogens is 757 g/mol. The van der Waals surface area contributed by atoms with Crippen LogP contribution in [-0.4, -0.2) is 107 Å². The van der Waals surface area contributed by atoms with Gasteiger partial charge >= 0.3 is 0 Å². The highest BCUT2D eigenvalue weighted by Gasteiger charge is 2.47. The Kier molecular flexibility index (Phi) is 34.7. The molecular formula is C42H84N2O12S. The first kappa shape index (κ1) is 55.8. The molecule has 1 heterocycles. The largest absolute Gasteiger partial charge is 0.726 e. The average molecular weight is 841 g/mol. The molecule has 8 atom stereocenters. The predicted octanol–water partition coefficient (Wildman–Crippen LogP) is 7.00. The molecule has 57 heavy (non-hydrogen) atoms. The first-order chi connectivity index (χ1) is 26.9. The maximum atomic E-state index is 13.1. The molecule has 14 nitrogen and oxygen atoms in total. The van der Waals surface area contributed by atoms with Gasteiger partial charge in [-0.05, 0) is 19.3 Å². The van der Waals surface area contributed by atoms with Crippen LogP contribution < -0.4 is 11.5 Å². The zero-order valence-electron chi connectivity index (χ0n) is 35.8. The Morgan fingerprint density at radius 3 is 1.61 bits per heavy atom. The number of amides is 1. The van der Waals surface area contributed by atoms with E-state index in [1.54, 1.807) is 0 Å². The van der Waals surface area contributed by atoms with Gasteiger partial charge < -0.3 is 51.0 Å². The highest BCUT2D eigenvalue weighted by molar-refractivity contribution is 7.80. The van der Waals surface area contributed by atoms with Crippen LogP contribution in [0.25, 0.3) is 0 Å². The van der Waals surface area contributed by atoms with Crippen molar-refractivity contribution in [2.24, 2.45) is 0 Å². The van der Waals surface area contributed by atoms with E-state index >= 15 is 0 Å². The van der Waals surface area contributed by atoms with E-state index in [2.05, 4.69) is 23.3 Å². The number of rotatable bonds is 37. The second kappa shape index (κ2) is 35.5. The van der Waals surface area contributed by atoms with Gasteiger partial charge in [-0.15, -0.1) is 0 Å². The molecule has 340 valence electrons. The van der Waals surface area contributed by atoms with Crippen LogP contribution >= 0.6 is 0 Å². The normalized spacial score (nSPS) is 21.6. The lowest BCUT2D eigenvalue weighted by Gasteiger charge is -2.42. The fourth-order valence-corrected chi connectivity index (χ4v) is 7.60. The summed E-state index contributed by atoms with van der Waals surface area (Å²) in [5, 5.41) is 55.0. The summed E-state index contributed by atoms with van der Waals surface area (Å²) in [5.41, 5.74) is 0. The van der Waals surface area contributed by atoms with Gasteiger partial charge in [0.25, 0.3) is 0 Å². The minimum absolute atomic E-state index is 0. The van der Waals surface area contributed by atoms with Gasteiger partial charge in [-0.1, -0.05) is 180 Å². The molecule has 0 unspecified atom stereocenters. The van der Waals surface area contributed by atoms with Gasteiger partial charge in [-0.2, -0.15) is 0 Å². The summed E-state index contributed by atoms with van der Waals surface area (Å²) >= 11 is 0. The van der Waals surface area contributed by atoms with E-state index in [0.717, 1.165) is 38.5 Å². The third kappa shape index (κ3) is 28.0. The summed E-state index contributed by atoms with van der Waals surface area (Å²) in [6.07, 6.45) is 22.6. The Labute approximate surface area is 345 Å². The van der Waals surface area contributed by atoms with Crippen molar-refractivity contribution in [3.63, 3.8) is 0 Å². The lowest BCUT2D eigenvalue weighted by molar-refractivity contribution is -0.298. The number of allylic oxidation sites excluding steroid dienone is 1. The number of carbonyl (C=O) groups excluding carboxylic acids is 1. The summed E-state index contributed by atoms with van der Waals surface area (Å²) in [7, 11) is -5.36. The van der Waals surface area contributed by atoms with Crippen LogP contribution in [0.3, 0.4) is 0 Å². The fraction of sp³-hybridized carbons (Fsp3) is 0.929. The minimum Gasteiger partial charge on any atom is -0.726 e. The third-order valence-corrected chi connectivity index (χ3v) is 11.1. The third-order valence-electron chi connectivity index (χ3n) is 10.7. The molecule has 0 aromatic rings. The van der Waals surface area contributed by atoms with Crippen molar-refractivity contribution in [1.82, 2.24) is 11.5 Å². The molecule has 1 fully saturated rings. The van der Waals surface area contributed by atoms with E-state index < -0.39 is 78.5 Å². The van der Waals surface area contributed by atoms with Crippen molar-refractivity contribution in [3.8, 4) is 0 Å². The second-order valence-corrected chi connectivity index (χ2v) is 16.8. The Hall–Kier alpha value is -1.24. The minimum atomic E-state index is -5.36. The van der Waals surface area contributed by atoms with Crippen molar-refractivity contribution in [3.05, 3.63) is 12.2 Å². The lowest BCUT2D eigenvalue weighted by Crippen LogP contribution is -2.61. The van der Waals surface area contributed by atoms with Crippen LogP contribution in [0.5, 0.6) is 0 Å². The first-order valence-electron chi connectivity index (χ1n) is 22.2. The lowest BCUT2D eigenvalue weighted by atomic mass is 9.99. The van der Waals surface area contributed by atoms with Gasteiger partial charge in [0.05, 0.1) is 25.4 Å². The number of hydrogen-bond donors (Lipinski definition) is 7. The maximum Gasteiger partial charge on any atom is 0.249 e. The number of aliphatic hydroxyl groups excluding tert-OH is 5. The number of ether oxygens (including phenoxy) is 2. The van der Waals surface area contributed by atoms with E-state index in [0.29, 0.717) is 12.8 Å². The molecule has 0 radical (unpaired) electrons. The highest BCUT2D eigenvalue weighted by Crippen LogP contribution is 2.26. The van der Waals surface area contributed by atoms with E-state index in [9.17, 15) is 43.3 Å². The maximum absolute atomic E-state index is 13.1. The van der Waals surface area contributed by atoms with Gasteiger partial charge in [0.1, 0.15) is 30.5 Å². The number of aliphatic hydroxyl groups is 5. The number of hydrogen-bond acceptors (Lipinski definition) is 12. The second-order valence-electron chi connectivity index (χ2n) is 15.8. The molecule has 1 aliphatic rings. The van der Waals surface area contributed by atoms with Gasteiger partial charge in [0.15, 0.2) is 6.29 Å². The van der Waals surface area contributed by atoms with Crippen LogP contribution in [0.4, 0.5) is 0 Å². The number of quaternary nitrogens is 1. The smallest absolute Gasteiger partial charge is 0.249 e. The molecule has 15 heteroatoms. The van der Waals surface area contributed by atoms with E-state index in [-0.39, 0.29) is 12.6 Å². The van der Waals surface area contributed by atoms with Crippen LogP contribution in [0.2, 0.25) is 0 Å². The molecule has 0 saturated carbocycles. The summed E-state index contributed by atoms with van der Waals surface area (Å²) in [6, 6.07) is -1.13. The van der Waals surface area contributed by atoms with Gasteiger partial charge in [0, 0.05) is 0 Å². The number of carbonyl (C=O) groups is 1. The van der Waals surface area contributed by atoms with E-state index in [1.807, 2.05) is 6.08 Å². The molecule has 0 aromatic heterocycles. The molecule has 0 aliphatic carbocycles. The Bertz CT molecular complexity index is 1090. The molecule has 0 spiro atoms. The molecule has 0 bridgehead atoms. The van der Waals surface area contributed by atoms with Gasteiger partial charge in [0.2, 0.25) is 16.3 Å². The van der Waals surface area contributed by atoms with Crippen LogP contribution in [-0.2, 0) is 28.9 Å². The van der Waals surface area contributed by atoms with Gasteiger partial charge in [-0.3, -0.25) is 8.98 Å². The summed E-state index contributed by atoms with van der Waals surface area (Å²) in [5.74, 6) is -0.710. The standard InChI is InChI=1S/C42H81NO12S.H3N/c1-3-5-7-9-11-13-15-17-19-21-23-25-27-29-31-36(46)41(49)43-34(35(45)30-28-26-24-22-20-18-16-14-12-10-8-6-4-2)33-53-42-39(48)40(55-56(50,51)52)38(47)37(32-44)54-42;/h28,30,34-40,42,44-48H,3-27,29,31-33H2,1-2H3,(H,43,49)(H,50,51,52);1H3/b30-28+;/t34-,35+,36-,37+,38-,39+,40-,42+;/m0./s1. The topological polar surface area (TPSA) is 252 Å². The van der Waals surface area contributed by atoms with E-state index in [1.165, 1.54) is 122 Å². The first-order valence-corrected chi connectivity index (χ1v) is 23.5. The Balaban J connectivity index is 0.0000314. The monoisotopic (exact) mass is 841 g/mol. The summed E-state index contributed by atoms with van der Waals surface area (Å²) in [4.78, 5) is 13.1. The Morgan fingerprint density at radius 1 is 0.737 bits per heavy atom. The quantitative estimate of drug-likeness (QED) is 0.0145. The molecule has 10 N–H and O–H groups in total. The van der Waals surface area contributed by atoms with Crippen molar-refractivity contribution < 1.29 is 57.0 Å². The van der Waals surface area contributed by atoms with E-state index in [4.69, 9.17) is 9.47 Å². The zero-order valence-corrected chi connectivity index (χ0v) is 36.6. The predicted molar refractivity (Wildman–Crippen MR) is 223 cm³/mol. The van der Waals surface area contributed by atoms with Crippen molar-refractivity contribution in [2.75, 3.05) is 13.2 Å². The molecule has 1 saturated heterocycles. The number of unbranched alkanes of at least 4 members (excludes halogenated alkanes) is 24. The summed E-state index contributed by atoms with van der Waals surface area (Å²) in [6.45, 7) is 3.16. The van der Waals surface area contributed by atoms with Crippen molar-refractivity contribution >= 4 is 16.3 Å². The van der Waals surface area contributed by atoms with Crippen LogP contribution in [0.1, 0.15) is 187 Å². The molecule has 1 aliphatic heterocycles.